The van der Waals surface area contributed by atoms with Crippen LogP contribution >= 0.6 is 0 Å². The van der Waals surface area contributed by atoms with Crippen molar-refractivity contribution >= 4 is 11.7 Å². The van der Waals surface area contributed by atoms with Gasteiger partial charge in [0.25, 0.3) is 0 Å². The second-order valence-electron chi connectivity index (χ2n) is 3.20. The number of rotatable bonds is 1. The number of nitrogens with zero attached hydrogens (tertiary/aromatic N) is 1. The Bertz CT molecular complexity index is 187. The molecule has 1 aliphatic heterocycles. The lowest BCUT2D eigenvalue weighted by Crippen LogP contribution is -2.32. The Hall–Kier alpha value is -0.860. The first-order valence-corrected chi connectivity index (χ1v) is 3.91. The number of carbonyl (C=O) groups excluding carboxylic acids is 2. The summed E-state index contributed by atoms with van der Waals surface area (Å²) in [5.41, 5.74) is 0. The van der Waals surface area contributed by atoms with Gasteiger partial charge in [0.1, 0.15) is 0 Å². The second-order valence-corrected chi connectivity index (χ2v) is 3.20. The van der Waals surface area contributed by atoms with Crippen molar-refractivity contribution in [3.8, 4) is 0 Å². The fourth-order valence-corrected chi connectivity index (χ4v) is 1.18. The highest BCUT2D eigenvalue weighted by molar-refractivity contribution is 5.89. The fourth-order valence-electron chi connectivity index (χ4n) is 1.18. The Morgan fingerprint density at radius 2 is 2.18 bits per heavy atom. The van der Waals surface area contributed by atoms with E-state index in [4.69, 9.17) is 0 Å². The van der Waals surface area contributed by atoms with Crippen LogP contribution in [0.3, 0.4) is 0 Å². The standard InChI is InChI=1S/C8H13NO2/c1-6(2)8(11)9-4-3-7(10)5-9/h6H,3-5H2,1-2H3. The minimum atomic E-state index is 0.0147. The molecule has 0 aromatic carbocycles. The van der Waals surface area contributed by atoms with Crippen molar-refractivity contribution in [2.45, 2.75) is 20.3 Å². The number of carbonyl (C=O) groups is 2. The molecule has 11 heavy (non-hydrogen) atoms. The molecule has 62 valence electrons. The van der Waals surface area contributed by atoms with Crippen molar-refractivity contribution in [3.05, 3.63) is 0 Å². The molecule has 0 aromatic rings. The summed E-state index contributed by atoms with van der Waals surface area (Å²) in [6, 6.07) is 0. The van der Waals surface area contributed by atoms with E-state index < -0.39 is 0 Å². The molecule has 3 heteroatoms. The van der Waals surface area contributed by atoms with Crippen molar-refractivity contribution in [1.29, 1.82) is 0 Å². The average Bonchev–Trinajstić information content (AvgIpc) is 2.34. The van der Waals surface area contributed by atoms with Gasteiger partial charge in [-0.1, -0.05) is 13.8 Å². The summed E-state index contributed by atoms with van der Waals surface area (Å²) in [4.78, 5) is 23.7. The third-order valence-electron chi connectivity index (χ3n) is 1.83. The molecule has 1 saturated heterocycles. The smallest absolute Gasteiger partial charge is 0.225 e. The van der Waals surface area contributed by atoms with Crippen molar-refractivity contribution in [3.63, 3.8) is 0 Å². The van der Waals surface area contributed by atoms with E-state index in [1.807, 2.05) is 13.8 Å². The van der Waals surface area contributed by atoms with Gasteiger partial charge >= 0.3 is 0 Å². The van der Waals surface area contributed by atoms with Gasteiger partial charge in [-0.2, -0.15) is 0 Å². The van der Waals surface area contributed by atoms with Crippen molar-refractivity contribution in [1.82, 2.24) is 4.90 Å². The van der Waals surface area contributed by atoms with E-state index in [1.165, 1.54) is 0 Å². The number of hydrogen-bond donors (Lipinski definition) is 0. The SMILES string of the molecule is CC(C)C(=O)N1CCC(=O)C1. The van der Waals surface area contributed by atoms with Gasteiger partial charge in [-0.3, -0.25) is 9.59 Å². The van der Waals surface area contributed by atoms with Crippen molar-refractivity contribution in [2.75, 3.05) is 13.1 Å². The lowest BCUT2D eigenvalue weighted by Gasteiger charge is -2.16. The molecular weight excluding hydrogens is 142 g/mol. The van der Waals surface area contributed by atoms with Crippen LogP contribution in [0.15, 0.2) is 0 Å². The minimum absolute atomic E-state index is 0.0147. The van der Waals surface area contributed by atoms with Gasteiger partial charge in [0.15, 0.2) is 5.78 Å². The van der Waals surface area contributed by atoms with Gasteiger partial charge < -0.3 is 4.90 Å². The summed E-state index contributed by atoms with van der Waals surface area (Å²) in [5, 5.41) is 0. The first kappa shape index (κ1) is 8.24. The van der Waals surface area contributed by atoms with Crippen LogP contribution in [0.1, 0.15) is 20.3 Å². The quantitative estimate of drug-likeness (QED) is 0.551. The zero-order chi connectivity index (χ0) is 8.43. The van der Waals surface area contributed by atoms with Gasteiger partial charge in [0, 0.05) is 18.9 Å². The monoisotopic (exact) mass is 155 g/mol. The topological polar surface area (TPSA) is 37.4 Å². The molecule has 3 nitrogen and oxygen atoms in total. The van der Waals surface area contributed by atoms with Crippen LogP contribution in [-0.2, 0) is 9.59 Å². The summed E-state index contributed by atoms with van der Waals surface area (Å²) >= 11 is 0. The summed E-state index contributed by atoms with van der Waals surface area (Å²) < 4.78 is 0. The molecule has 0 N–H and O–H groups in total. The molecule has 1 amide bonds. The largest absolute Gasteiger partial charge is 0.335 e. The van der Waals surface area contributed by atoms with E-state index in [-0.39, 0.29) is 17.6 Å². The maximum Gasteiger partial charge on any atom is 0.225 e. The minimum Gasteiger partial charge on any atom is -0.335 e. The summed E-state index contributed by atoms with van der Waals surface area (Å²) in [7, 11) is 0. The Kier molecular flexibility index (Phi) is 2.27. The molecule has 0 saturated carbocycles. The van der Waals surface area contributed by atoms with E-state index >= 15 is 0 Å². The van der Waals surface area contributed by atoms with Gasteiger partial charge in [-0.15, -0.1) is 0 Å². The Morgan fingerprint density at radius 1 is 1.55 bits per heavy atom. The number of likely N-dealkylation sites (tertiary alicyclic amines) is 1. The zero-order valence-corrected chi connectivity index (χ0v) is 6.96. The number of Topliss-reactive ketones (excluding diaryl/α,β-unsaturated/α-hetero) is 1. The summed E-state index contributed by atoms with van der Waals surface area (Å²) in [6.07, 6.45) is 0.540. The van der Waals surface area contributed by atoms with Crippen LogP contribution in [0.2, 0.25) is 0 Å². The zero-order valence-electron chi connectivity index (χ0n) is 6.96. The number of amides is 1. The third kappa shape index (κ3) is 1.79. The molecule has 0 radical (unpaired) electrons. The highest BCUT2D eigenvalue weighted by Crippen LogP contribution is 2.08. The summed E-state index contributed by atoms with van der Waals surface area (Å²) in [6.45, 7) is 4.66. The second kappa shape index (κ2) is 3.03. The Labute approximate surface area is 66.4 Å². The lowest BCUT2D eigenvalue weighted by atomic mass is 10.2. The molecule has 1 aliphatic rings. The van der Waals surface area contributed by atoms with Gasteiger partial charge in [0.05, 0.1) is 6.54 Å². The van der Waals surface area contributed by atoms with E-state index in [0.29, 0.717) is 19.5 Å². The average molecular weight is 155 g/mol. The fraction of sp³-hybridized carbons (Fsp3) is 0.750. The third-order valence-corrected chi connectivity index (χ3v) is 1.83. The molecule has 0 unspecified atom stereocenters. The Balaban J connectivity index is 2.50. The number of hydrogen-bond acceptors (Lipinski definition) is 2. The van der Waals surface area contributed by atoms with Crippen LogP contribution in [0.25, 0.3) is 0 Å². The van der Waals surface area contributed by atoms with E-state index in [2.05, 4.69) is 0 Å². The highest BCUT2D eigenvalue weighted by atomic mass is 16.2. The first-order valence-electron chi connectivity index (χ1n) is 3.91. The van der Waals surface area contributed by atoms with Crippen LogP contribution in [0.5, 0.6) is 0 Å². The van der Waals surface area contributed by atoms with Gasteiger partial charge in [-0.25, -0.2) is 0 Å². The van der Waals surface area contributed by atoms with Crippen LogP contribution < -0.4 is 0 Å². The first-order chi connectivity index (χ1) is 5.11. The molecule has 0 bridgehead atoms. The van der Waals surface area contributed by atoms with Crippen LogP contribution in [0.4, 0.5) is 0 Å². The van der Waals surface area contributed by atoms with Gasteiger partial charge in [-0.05, 0) is 0 Å². The maximum absolute atomic E-state index is 11.3. The Morgan fingerprint density at radius 3 is 2.55 bits per heavy atom. The normalized spacial score (nSPS) is 18.1. The van der Waals surface area contributed by atoms with Crippen molar-refractivity contribution in [2.24, 2.45) is 5.92 Å². The predicted molar refractivity (Wildman–Crippen MR) is 41.0 cm³/mol. The predicted octanol–water partition coefficient (Wildman–Crippen LogP) is 0.444. The lowest BCUT2D eigenvalue weighted by molar-refractivity contribution is -0.134. The molecule has 1 fully saturated rings. The maximum atomic E-state index is 11.3. The van der Waals surface area contributed by atoms with Crippen LogP contribution in [0, 0.1) is 5.92 Å². The highest BCUT2D eigenvalue weighted by Gasteiger charge is 2.25. The summed E-state index contributed by atoms with van der Waals surface area (Å²) in [5.74, 6) is 0.288. The van der Waals surface area contributed by atoms with E-state index in [1.54, 1.807) is 4.90 Å². The number of ketones is 1. The molecular formula is C8H13NO2. The van der Waals surface area contributed by atoms with E-state index in [0.717, 1.165) is 0 Å². The van der Waals surface area contributed by atoms with Crippen LogP contribution in [-0.4, -0.2) is 29.7 Å². The molecule has 1 heterocycles. The molecule has 0 atom stereocenters. The molecule has 0 aliphatic carbocycles. The van der Waals surface area contributed by atoms with E-state index in [9.17, 15) is 9.59 Å². The van der Waals surface area contributed by atoms with Crippen molar-refractivity contribution < 1.29 is 9.59 Å². The van der Waals surface area contributed by atoms with Gasteiger partial charge in [0.2, 0.25) is 5.91 Å². The molecule has 0 aromatic heterocycles. The molecule has 1 rings (SSSR count). The molecule has 0 spiro atoms.